The average molecular weight is 244 g/mol. The second kappa shape index (κ2) is 4.75. The normalized spacial score (nSPS) is 10.8. The molecule has 1 aromatic carbocycles. The van der Waals surface area contributed by atoms with Gasteiger partial charge in [-0.1, -0.05) is 48.0 Å². The van der Waals surface area contributed by atoms with E-state index in [1.165, 1.54) is 5.56 Å². The van der Waals surface area contributed by atoms with Crippen LogP contribution < -0.4 is 0 Å². The number of benzene rings is 1. The van der Waals surface area contributed by atoms with Gasteiger partial charge in [0.15, 0.2) is 0 Å². The molecule has 1 aromatic rings. The molecule has 0 aliphatic heterocycles. The highest BCUT2D eigenvalue weighted by Gasteiger charge is 2.11. The number of hydrogen-bond donors (Lipinski definition) is 0. The molecule has 71 valence electrons. The Morgan fingerprint density at radius 1 is 1.46 bits per heavy atom. The molecule has 0 heterocycles. The van der Waals surface area contributed by atoms with Crippen LogP contribution in [0, 0.1) is 5.92 Å². The summed E-state index contributed by atoms with van der Waals surface area (Å²) in [5, 5.41) is 0. The van der Waals surface area contributed by atoms with E-state index in [1.54, 1.807) is 0 Å². The van der Waals surface area contributed by atoms with Gasteiger partial charge in [0.05, 0.1) is 6.67 Å². The van der Waals surface area contributed by atoms with Gasteiger partial charge in [0.1, 0.15) is 0 Å². The van der Waals surface area contributed by atoms with E-state index in [-0.39, 0.29) is 6.67 Å². The van der Waals surface area contributed by atoms with Crippen molar-refractivity contribution in [2.24, 2.45) is 0 Å². The Balaban J connectivity index is 3.08. The highest BCUT2D eigenvalue weighted by Crippen LogP contribution is 2.28. The predicted molar refractivity (Wildman–Crippen MR) is 57.5 cm³/mol. The summed E-state index contributed by atoms with van der Waals surface area (Å²) >= 11 is 3.50. The van der Waals surface area contributed by atoms with Gasteiger partial charge in [-0.25, -0.2) is 0 Å². The van der Waals surface area contributed by atoms with Gasteiger partial charge in [0, 0.05) is 10.4 Å². The molecule has 0 unspecified atom stereocenters. The maximum atomic E-state index is 12.4. The van der Waals surface area contributed by atoms with E-state index in [0.717, 1.165) is 22.4 Å². The molecule has 0 fully saturated rings. The first-order chi connectivity index (χ1) is 6.20. The van der Waals surface area contributed by atoms with E-state index >= 15 is 0 Å². The lowest BCUT2D eigenvalue weighted by atomic mass is 9.99. The van der Waals surface area contributed by atoms with Crippen molar-refractivity contribution in [1.82, 2.24) is 0 Å². The Kier molecular flexibility index (Phi) is 3.91. The third-order valence-electron chi connectivity index (χ3n) is 2.12. The molecule has 1 rings (SSSR count). The van der Waals surface area contributed by atoms with Gasteiger partial charge >= 0.3 is 0 Å². The van der Waals surface area contributed by atoms with Crippen LogP contribution in [-0.4, -0.2) is 6.67 Å². The lowest BCUT2D eigenvalue weighted by Crippen LogP contribution is -1.99. The third-order valence-corrected chi connectivity index (χ3v) is 3.06. The van der Waals surface area contributed by atoms with Gasteiger partial charge in [-0.2, -0.15) is 0 Å². The smallest absolute Gasteiger partial charge is 0.0998 e. The quantitative estimate of drug-likeness (QED) is 0.755. The molecule has 0 saturated carbocycles. The van der Waals surface area contributed by atoms with Crippen molar-refractivity contribution in [2.45, 2.75) is 20.3 Å². The van der Waals surface area contributed by atoms with Crippen LogP contribution in [0.3, 0.4) is 0 Å². The zero-order valence-electron chi connectivity index (χ0n) is 7.90. The van der Waals surface area contributed by atoms with Crippen LogP contribution in [0.15, 0.2) is 22.7 Å². The summed E-state index contributed by atoms with van der Waals surface area (Å²) in [5.41, 5.74) is 2.21. The second-order valence-corrected chi connectivity index (χ2v) is 3.84. The maximum Gasteiger partial charge on any atom is 0.0998 e. The zero-order valence-corrected chi connectivity index (χ0v) is 9.49. The lowest BCUT2D eigenvalue weighted by Gasteiger charge is -2.11. The largest absolute Gasteiger partial charge is 0.250 e. The number of aryl methyl sites for hydroxylation is 1. The van der Waals surface area contributed by atoms with Crippen LogP contribution in [0.1, 0.15) is 25.0 Å². The molecule has 2 heteroatoms. The van der Waals surface area contributed by atoms with Crippen molar-refractivity contribution in [3.8, 4) is 0 Å². The van der Waals surface area contributed by atoms with Crippen LogP contribution in [0.5, 0.6) is 0 Å². The fourth-order valence-electron chi connectivity index (χ4n) is 1.25. The lowest BCUT2D eigenvalue weighted by molar-refractivity contribution is 0.515. The maximum absolute atomic E-state index is 12.4. The molecule has 0 aliphatic rings. The van der Waals surface area contributed by atoms with E-state index in [0.29, 0.717) is 0 Å². The SMILES string of the molecule is CCc1cccc([C](C)CF)c1Br. The predicted octanol–water partition coefficient (Wildman–Crippen LogP) is 3.92. The van der Waals surface area contributed by atoms with Crippen molar-refractivity contribution in [3.05, 3.63) is 39.7 Å². The first-order valence-electron chi connectivity index (χ1n) is 4.36. The Labute approximate surface area is 87.3 Å². The van der Waals surface area contributed by atoms with Gasteiger partial charge in [-0.15, -0.1) is 0 Å². The highest BCUT2D eigenvalue weighted by molar-refractivity contribution is 9.10. The average Bonchev–Trinajstić information content (AvgIpc) is 2.17. The fourth-order valence-corrected chi connectivity index (χ4v) is 2.14. The Morgan fingerprint density at radius 2 is 2.15 bits per heavy atom. The molecule has 0 bridgehead atoms. The molecule has 0 aliphatic carbocycles. The Bertz CT molecular complexity index is 283. The number of alkyl halides is 1. The standard InChI is InChI=1S/C11H13BrF/c1-3-9-5-4-6-10(11(9)12)8(2)7-13/h4-6H,3,7H2,1-2H3. The van der Waals surface area contributed by atoms with Crippen molar-refractivity contribution >= 4 is 15.9 Å². The molecule has 0 spiro atoms. The van der Waals surface area contributed by atoms with Gasteiger partial charge in [0.25, 0.3) is 0 Å². The molecular formula is C11H13BrF. The first kappa shape index (κ1) is 10.7. The van der Waals surface area contributed by atoms with Crippen LogP contribution in [0.25, 0.3) is 0 Å². The summed E-state index contributed by atoms with van der Waals surface area (Å²) in [6.45, 7) is 3.53. The summed E-state index contributed by atoms with van der Waals surface area (Å²) in [7, 11) is 0. The van der Waals surface area contributed by atoms with E-state index in [4.69, 9.17) is 0 Å². The zero-order chi connectivity index (χ0) is 9.84. The van der Waals surface area contributed by atoms with Crippen LogP contribution in [-0.2, 0) is 6.42 Å². The topological polar surface area (TPSA) is 0 Å². The van der Waals surface area contributed by atoms with Crippen LogP contribution >= 0.6 is 15.9 Å². The van der Waals surface area contributed by atoms with Gasteiger partial charge < -0.3 is 0 Å². The molecular weight excluding hydrogens is 231 g/mol. The summed E-state index contributed by atoms with van der Waals surface area (Å²) in [4.78, 5) is 0. The van der Waals surface area contributed by atoms with E-state index in [1.807, 2.05) is 19.1 Å². The number of hydrogen-bond acceptors (Lipinski definition) is 0. The van der Waals surface area contributed by atoms with E-state index in [2.05, 4.69) is 28.9 Å². The summed E-state index contributed by atoms with van der Waals surface area (Å²) in [5.74, 6) is 0.780. The van der Waals surface area contributed by atoms with Crippen molar-refractivity contribution in [1.29, 1.82) is 0 Å². The Hall–Kier alpha value is -0.370. The summed E-state index contributed by atoms with van der Waals surface area (Å²) < 4.78 is 13.5. The highest BCUT2D eigenvalue weighted by atomic mass is 79.9. The van der Waals surface area contributed by atoms with E-state index in [9.17, 15) is 4.39 Å². The molecule has 1 radical (unpaired) electrons. The number of halogens is 2. The fraction of sp³-hybridized carbons (Fsp3) is 0.364. The van der Waals surface area contributed by atoms with Crippen LogP contribution in [0.4, 0.5) is 4.39 Å². The second-order valence-electron chi connectivity index (χ2n) is 3.05. The van der Waals surface area contributed by atoms with Gasteiger partial charge in [0.2, 0.25) is 0 Å². The molecule has 0 N–H and O–H groups in total. The summed E-state index contributed by atoms with van der Waals surface area (Å²) in [6, 6.07) is 5.97. The molecule has 0 nitrogen and oxygen atoms in total. The molecule has 0 saturated heterocycles. The molecule has 0 atom stereocenters. The molecule has 0 amide bonds. The monoisotopic (exact) mass is 243 g/mol. The molecule has 0 aromatic heterocycles. The minimum atomic E-state index is -0.383. The summed E-state index contributed by atoms with van der Waals surface area (Å²) in [6.07, 6.45) is 0.966. The van der Waals surface area contributed by atoms with Crippen LogP contribution in [0.2, 0.25) is 0 Å². The Morgan fingerprint density at radius 3 is 2.69 bits per heavy atom. The van der Waals surface area contributed by atoms with E-state index < -0.39 is 0 Å². The van der Waals surface area contributed by atoms with Crippen molar-refractivity contribution in [3.63, 3.8) is 0 Å². The van der Waals surface area contributed by atoms with Crippen molar-refractivity contribution < 1.29 is 4.39 Å². The van der Waals surface area contributed by atoms with Gasteiger partial charge in [-0.05, 0) is 17.5 Å². The van der Waals surface area contributed by atoms with Crippen molar-refractivity contribution in [2.75, 3.05) is 6.67 Å². The number of rotatable bonds is 3. The minimum Gasteiger partial charge on any atom is -0.250 e. The third kappa shape index (κ3) is 2.31. The minimum absolute atomic E-state index is 0.383. The molecule has 13 heavy (non-hydrogen) atoms. The van der Waals surface area contributed by atoms with Gasteiger partial charge in [-0.3, -0.25) is 4.39 Å². The first-order valence-corrected chi connectivity index (χ1v) is 5.16.